The number of amides is 1. The van der Waals surface area contributed by atoms with Crippen molar-refractivity contribution >= 4 is 5.91 Å². The molecule has 2 fully saturated rings. The first kappa shape index (κ1) is 21.8. The number of rotatable bonds is 9. The van der Waals surface area contributed by atoms with E-state index in [1.54, 1.807) is 6.07 Å². The first-order valence-corrected chi connectivity index (χ1v) is 11.6. The Morgan fingerprint density at radius 2 is 1.77 bits per heavy atom. The van der Waals surface area contributed by atoms with E-state index in [2.05, 4.69) is 22.3 Å². The van der Waals surface area contributed by atoms with Crippen molar-refractivity contribution in [3.8, 4) is 5.75 Å². The van der Waals surface area contributed by atoms with E-state index in [0.29, 0.717) is 25.6 Å². The molecule has 1 amide bonds. The van der Waals surface area contributed by atoms with Crippen LogP contribution in [0.25, 0.3) is 0 Å². The predicted molar refractivity (Wildman–Crippen MR) is 122 cm³/mol. The van der Waals surface area contributed by atoms with E-state index < -0.39 is 0 Å². The van der Waals surface area contributed by atoms with Crippen molar-refractivity contribution in [1.82, 2.24) is 10.2 Å². The molecule has 0 spiro atoms. The Balaban J connectivity index is 1.45. The SMILES string of the molecule is O=C(CN(Cc1ccccc1O)CC1CCCO1)NC(c1ccccc1)C1CCCC1. The lowest BCUT2D eigenvalue weighted by atomic mass is 9.91. The molecule has 2 atom stereocenters. The summed E-state index contributed by atoms with van der Waals surface area (Å²) in [6.07, 6.45) is 7.05. The van der Waals surface area contributed by atoms with Gasteiger partial charge in [-0.2, -0.15) is 0 Å². The predicted octanol–water partition coefficient (Wildman–Crippen LogP) is 4.42. The molecule has 1 saturated carbocycles. The maximum Gasteiger partial charge on any atom is 0.234 e. The first-order valence-electron chi connectivity index (χ1n) is 11.6. The maximum absolute atomic E-state index is 13.2. The number of phenolic OH excluding ortho intramolecular Hbond substituents is 1. The molecule has 0 bridgehead atoms. The van der Waals surface area contributed by atoms with Gasteiger partial charge in [-0.15, -0.1) is 0 Å². The smallest absolute Gasteiger partial charge is 0.234 e. The minimum Gasteiger partial charge on any atom is -0.508 e. The van der Waals surface area contributed by atoms with Crippen molar-refractivity contribution < 1.29 is 14.6 Å². The Hall–Kier alpha value is -2.37. The zero-order valence-corrected chi connectivity index (χ0v) is 18.2. The molecule has 1 saturated heterocycles. The van der Waals surface area contributed by atoms with Crippen LogP contribution in [0.4, 0.5) is 0 Å². The molecule has 4 rings (SSSR count). The van der Waals surface area contributed by atoms with E-state index in [0.717, 1.165) is 37.9 Å². The number of nitrogens with zero attached hydrogens (tertiary/aromatic N) is 1. The van der Waals surface area contributed by atoms with Crippen LogP contribution >= 0.6 is 0 Å². The number of hydrogen-bond acceptors (Lipinski definition) is 4. The van der Waals surface area contributed by atoms with Crippen molar-refractivity contribution in [3.63, 3.8) is 0 Å². The van der Waals surface area contributed by atoms with Crippen molar-refractivity contribution in [2.24, 2.45) is 5.92 Å². The number of para-hydroxylation sites is 1. The molecule has 2 aliphatic rings. The van der Waals surface area contributed by atoms with E-state index in [1.165, 1.54) is 18.4 Å². The van der Waals surface area contributed by atoms with Gasteiger partial charge >= 0.3 is 0 Å². The van der Waals surface area contributed by atoms with Crippen LogP contribution < -0.4 is 5.32 Å². The Morgan fingerprint density at radius 1 is 1.03 bits per heavy atom. The van der Waals surface area contributed by atoms with Gasteiger partial charge in [-0.3, -0.25) is 9.69 Å². The molecule has 5 nitrogen and oxygen atoms in total. The van der Waals surface area contributed by atoms with Crippen LogP contribution in [0.2, 0.25) is 0 Å². The van der Waals surface area contributed by atoms with Gasteiger partial charge in [0.2, 0.25) is 5.91 Å². The maximum atomic E-state index is 13.2. The third-order valence-electron chi connectivity index (χ3n) is 6.59. The fraction of sp³-hybridized carbons (Fsp3) is 0.500. The van der Waals surface area contributed by atoms with Crippen LogP contribution in [0, 0.1) is 5.92 Å². The van der Waals surface area contributed by atoms with E-state index in [-0.39, 0.29) is 23.8 Å². The largest absolute Gasteiger partial charge is 0.508 e. The minimum absolute atomic E-state index is 0.0363. The summed E-state index contributed by atoms with van der Waals surface area (Å²) in [6.45, 7) is 2.31. The third kappa shape index (κ3) is 6.08. The van der Waals surface area contributed by atoms with Gasteiger partial charge in [0.15, 0.2) is 0 Å². The number of benzene rings is 2. The van der Waals surface area contributed by atoms with Gasteiger partial charge in [-0.25, -0.2) is 0 Å². The fourth-order valence-electron chi connectivity index (χ4n) is 4.99. The summed E-state index contributed by atoms with van der Waals surface area (Å²) in [5.74, 6) is 0.804. The lowest BCUT2D eigenvalue weighted by Crippen LogP contribution is -2.42. The van der Waals surface area contributed by atoms with E-state index in [9.17, 15) is 9.90 Å². The highest BCUT2D eigenvalue weighted by Gasteiger charge is 2.29. The van der Waals surface area contributed by atoms with Gasteiger partial charge < -0.3 is 15.2 Å². The van der Waals surface area contributed by atoms with Crippen LogP contribution in [-0.4, -0.2) is 41.7 Å². The number of aromatic hydroxyl groups is 1. The number of phenols is 1. The molecule has 166 valence electrons. The summed E-state index contributed by atoms with van der Waals surface area (Å²) in [5, 5.41) is 13.6. The zero-order chi connectivity index (χ0) is 21.5. The summed E-state index contributed by atoms with van der Waals surface area (Å²) in [6, 6.07) is 17.8. The molecular weight excluding hydrogens is 388 g/mol. The molecule has 2 aromatic rings. The first-order chi connectivity index (χ1) is 15.2. The topological polar surface area (TPSA) is 61.8 Å². The second kappa shape index (κ2) is 10.8. The highest BCUT2D eigenvalue weighted by atomic mass is 16.5. The number of carbonyl (C=O) groups excluding carboxylic acids is 1. The quantitative estimate of drug-likeness (QED) is 0.628. The minimum atomic E-state index is 0.0363. The number of ether oxygens (including phenoxy) is 1. The number of carbonyl (C=O) groups is 1. The third-order valence-corrected chi connectivity index (χ3v) is 6.59. The second-order valence-corrected chi connectivity index (χ2v) is 8.93. The van der Waals surface area contributed by atoms with Crippen LogP contribution in [-0.2, 0) is 16.1 Å². The summed E-state index contributed by atoms with van der Waals surface area (Å²) < 4.78 is 5.83. The van der Waals surface area contributed by atoms with E-state index in [4.69, 9.17) is 4.74 Å². The van der Waals surface area contributed by atoms with Gasteiger partial charge in [0.25, 0.3) is 0 Å². The average molecular weight is 423 g/mol. The standard InChI is InChI=1S/C26H34N2O3/c29-24-15-7-6-13-22(24)17-28(18-23-14-8-16-31-23)19-25(30)27-26(21-11-4-5-12-21)20-9-2-1-3-10-20/h1-3,6-7,9-10,13,15,21,23,26,29H,4-5,8,11-12,14,16-19H2,(H,27,30). The van der Waals surface area contributed by atoms with Gasteiger partial charge in [0, 0.05) is 25.3 Å². The summed E-state index contributed by atoms with van der Waals surface area (Å²) in [4.78, 5) is 15.3. The lowest BCUT2D eigenvalue weighted by molar-refractivity contribution is -0.123. The molecule has 2 aromatic carbocycles. The van der Waals surface area contributed by atoms with Crippen LogP contribution in [0.3, 0.4) is 0 Å². The van der Waals surface area contributed by atoms with Gasteiger partial charge in [0.05, 0.1) is 18.7 Å². The van der Waals surface area contributed by atoms with Crippen molar-refractivity contribution in [1.29, 1.82) is 0 Å². The molecule has 1 aliphatic carbocycles. The number of nitrogens with one attached hydrogen (secondary N) is 1. The Labute approximate surface area is 185 Å². The van der Waals surface area contributed by atoms with Crippen molar-refractivity contribution in [2.45, 2.75) is 57.2 Å². The Kier molecular flexibility index (Phi) is 7.60. The molecule has 1 aliphatic heterocycles. The number of hydrogen-bond donors (Lipinski definition) is 2. The molecule has 31 heavy (non-hydrogen) atoms. The second-order valence-electron chi connectivity index (χ2n) is 8.93. The van der Waals surface area contributed by atoms with Crippen LogP contribution in [0.1, 0.15) is 55.7 Å². The zero-order valence-electron chi connectivity index (χ0n) is 18.2. The summed E-state index contributed by atoms with van der Waals surface area (Å²) >= 11 is 0. The van der Waals surface area contributed by atoms with Crippen LogP contribution in [0.15, 0.2) is 54.6 Å². The molecular formula is C26H34N2O3. The van der Waals surface area contributed by atoms with Gasteiger partial charge in [-0.1, -0.05) is 61.4 Å². The Bertz CT molecular complexity index is 830. The van der Waals surface area contributed by atoms with Gasteiger partial charge in [0.1, 0.15) is 5.75 Å². The molecule has 0 aromatic heterocycles. The highest BCUT2D eigenvalue weighted by molar-refractivity contribution is 5.78. The fourth-order valence-corrected chi connectivity index (χ4v) is 4.99. The molecule has 1 heterocycles. The monoisotopic (exact) mass is 422 g/mol. The molecule has 0 radical (unpaired) electrons. The summed E-state index contributed by atoms with van der Waals surface area (Å²) in [5.41, 5.74) is 2.03. The van der Waals surface area contributed by atoms with Crippen molar-refractivity contribution in [2.75, 3.05) is 19.7 Å². The van der Waals surface area contributed by atoms with Crippen molar-refractivity contribution in [3.05, 3.63) is 65.7 Å². The normalized spacial score (nSPS) is 20.2. The van der Waals surface area contributed by atoms with E-state index in [1.807, 2.05) is 36.4 Å². The van der Waals surface area contributed by atoms with Crippen LogP contribution in [0.5, 0.6) is 5.75 Å². The van der Waals surface area contributed by atoms with E-state index >= 15 is 0 Å². The Morgan fingerprint density at radius 3 is 2.48 bits per heavy atom. The lowest BCUT2D eigenvalue weighted by Gasteiger charge is -2.29. The molecule has 2 N–H and O–H groups in total. The molecule has 2 unspecified atom stereocenters. The van der Waals surface area contributed by atoms with Gasteiger partial charge in [-0.05, 0) is 43.2 Å². The molecule has 5 heteroatoms. The summed E-state index contributed by atoms with van der Waals surface area (Å²) in [7, 11) is 0. The average Bonchev–Trinajstić information content (AvgIpc) is 3.49. The highest BCUT2D eigenvalue weighted by Crippen LogP contribution is 2.35.